The first kappa shape index (κ1) is 13.8. The fourth-order valence-corrected chi connectivity index (χ4v) is 3.30. The predicted molar refractivity (Wildman–Crippen MR) is 71.2 cm³/mol. The smallest absolute Gasteiger partial charge is 0.230 e. The lowest BCUT2D eigenvalue weighted by Gasteiger charge is -2.38. The first-order valence-corrected chi connectivity index (χ1v) is 7.27. The molecule has 1 amide bonds. The Morgan fingerprint density at radius 2 is 2.17 bits per heavy atom. The van der Waals surface area contributed by atoms with Crippen molar-refractivity contribution in [2.75, 3.05) is 26.2 Å². The molecule has 0 aromatic rings. The molecule has 2 N–H and O–H groups in total. The lowest BCUT2D eigenvalue weighted by molar-refractivity contribution is -0.143. The molecule has 2 saturated heterocycles. The monoisotopic (exact) mass is 254 g/mol. The summed E-state index contributed by atoms with van der Waals surface area (Å²) in [6.07, 6.45) is 3.54. The summed E-state index contributed by atoms with van der Waals surface area (Å²) in [6.45, 7) is 7.40. The Kier molecular flexibility index (Phi) is 4.28. The fourth-order valence-electron chi connectivity index (χ4n) is 3.30. The molecule has 2 unspecified atom stereocenters. The Labute approximate surface area is 110 Å². The molecule has 2 heterocycles. The topological polar surface area (TPSA) is 52.6 Å². The highest BCUT2D eigenvalue weighted by Crippen LogP contribution is 2.33. The van der Waals surface area contributed by atoms with E-state index in [1.807, 2.05) is 11.8 Å². The number of hydrogen-bond acceptors (Lipinski definition) is 3. The highest BCUT2D eigenvalue weighted by atomic mass is 16.3. The molecular formula is C14H26N2O2. The molecule has 4 nitrogen and oxygen atoms in total. The number of carbonyl (C=O) groups excluding carboxylic acids is 1. The lowest BCUT2D eigenvalue weighted by Crippen LogP contribution is -2.49. The van der Waals surface area contributed by atoms with Crippen LogP contribution in [-0.2, 0) is 4.79 Å². The number of carbonyl (C=O) groups is 1. The predicted octanol–water partition coefficient (Wildman–Crippen LogP) is 0.995. The van der Waals surface area contributed by atoms with E-state index >= 15 is 0 Å². The van der Waals surface area contributed by atoms with Crippen LogP contribution in [0.1, 0.15) is 39.5 Å². The molecule has 0 aliphatic carbocycles. The normalized spacial score (nSPS) is 31.6. The van der Waals surface area contributed by atoms with Crippen molar-refractivity contribution in [3.63, 3.8) is 0 Å². The van der Waals surface area contributed by atoms with Crippen molar-refractivity contribution in [3.8, 4) is 0 Å². The van der Waals surface area contributed by atoms with Crippen LogP contribution in [-0.4, -0.2) is 48.2 Å². The summed E-state index contributed by atoms with van der Waals surface area (Å²) in [5.41, 5.74) is -0.155. The van der Waals surface area contributed by atoms with Crippen molar-refractivity contribution >= 4 is 5.91 Å². The van der Waals surface area contributed by atoms with E-state index in [0.717, 1.165) is 51.9 Å². The lowest BCUT2D eigenvalue weighted by atomic mass is 9.81. The summed E-state index contributed by atoms with van der Waals surface area (Å²) in [7, 11) is 0. The highest BCUT2D eigenvalue weighted by molar-refractivity contribution is 5.83. The van der Waals surface area contributed by atoms with E-state index in [9.17, 15) is 9.90 Å². The van der Waals surface area contributed by atoms with E-state index in [1.165, 1.54) is 0 Å². The Morgan fingerprint density at radius 3 is 2.61 bits per heavy atom. The number of aliphatic hydroxyl groups excluding tert-OH is 1. The van der Waals surface area contributed by atoms with E-state index in [0.29, 0.717) is 11.8 Å². The average Bonchev–Trinajstić information content (AvgIpc) is 2.88. The minimum atomic E-state index is -0.240. The van der Waals surface area contributed by atoms with Crippen LogP contribution in [0.15, 0.2) is 0 Å². The molecule has 4 heteroatoms. The number of nitrogens with zero attached hydrogens (tertiary/aromatic N) is 1. The third kappa shape index (κ3) is 2.54. The Balaban J connectivity index is 1.94. The zero-order chi connectivity index (χ0) is 13.2. The van der Waals surface area contributed by atoms with Crippen molar-refractivity contribution < 1.29 is 9.90 Å². The number of aliphatic hydroxyl groups is 1. The van der Waals surface area contributed by atoms with Crippen LogP contribution in [0, 0.1) is 11.3 Å². The van der Waals surface area contributed by atoms with Gasteiger partial charge in [-0.2, -0.15) is 0 Å². The Hall–Kier alpha value is -0.610. The second kappa shape index (κ2) is 5.57. The number of rotatable bonds is 3. The molecule has 0 aromatic heterocycles. The van der Waals surface area contributed by atoms with E-state index < -0.39 is 0 Å². The zero-order valence-corrected chi connectivity index (χ0v) is 11.6. The van der Waals surface area contributed by atoms with Gasteiger partial charge in [0.05, 0.1) is 11.5 Å². The quantitative estimate of drug-likeness (QED) is 0.790. The van der Waals surface area contributed by atoms with Crippen molar-refractivity contribution in [2.24, 2.45) is 11.3 Å². The first-order chi connectivity index (χ1) is 8.59. The minimum absolute atomic E-state index is 0.155. The molecule has 18 heavy (non-hydrogen) atoms. The van der Waals surface area contributed by atoms with Gasteiger partial charge in [-0.3, -0.25) is 4.79 Å². The standard InChI is InChI=1S/C14H26N2O2/c1-3-14(6-7-15-10-14)13(18)16-8-4-12(5-9-16)11(2)17/h11-12,15,17H,3-10H2,1-2H3. The van der Waals surface area contributed by atoms with Crippen molar-refractivity contribution in [3.05, 3.63) is 0 Å². The highest BCUT2D eigenvalue weighted by Gasteiger charge is 2.42. The van der Waals surface area contributed by atoms with Gasteiger partial charge < -0.3 is 15.3 Å². The van der Waals surface area contributed by atoms with Crippen LogP contribution in [0.4, 0.5) is 0 Å². The second-order valence-electron chi connectivity index (χ2n) is 5.93. The van der Waals surface area contributed by atoms with Crippen molar-refractivity contribution in [1.82, 2.24) is 10.2 Å². The zero-order valence-electron chi connectivity index (χ0n) is 11.6. The molecule has 104 valence electrons. The van der Waals surface area contributed by atoms with Gasteiger partial charge in [-0.05, 0) is 45.1 Å². The summed E-state index contributed by atoms with van der Waals surface area (Å²) < 4.78 is 0. The number of likely N-dealkylation sites (tertiary alicyclic amines) is 1. The molecule has 2 fully saturated rings. The van der Waals surface area contributed by atoms with Gasteiger partial charge in [0.15, 0.2) is 0 Å². The Bertz CT molecular complexity index is 290. The second-order valence-corrected chi connectivity index (χ2v) is 5.93. The van der Waals surface area contributed by atoms with Crippen LogP contribution in [0.25, 0.3) is 0 Å². The van der Waals surface area contributed by atoms with Crippen LogP contribution in [0.2, 0.25) is 0 Å². The summed E-state index contributed by atoms with van der Waals surface area (Å²) in [5.74, 6) is 0.701. The first-order valence-electron chi connectivity index (χ1n) is 7.27. The van der Waals surface area contributed by atoms with Gasteiger partial charge in [0.1, 0.15) is 0 Å². The van der Waals surface area contributed by atoms with Gasteiger partial charge in [0, 0.05) is 19.6 Å². The average molecular weight is 254 g/mol. The van der Waals surface area contributed by atoms with E-state index in [2.05, 4.69) is 12.2 Å². The summed E-state index contributed by atoms with van der Waals surface area (Å²) in [4.78, 5) is 14.7. The fraction of sp³-hybridized carbons (Fsp3) is 0.929. The van der Waals surface area contributed by atoms with Gasteiger partial charge >= 0.3 is 0 Å². The molecular weight excluding hydrogens is 228 g/mol. The maximum absolute atomic E-state index is 12.7. The molecule has 0 aromatic carbocycles. The third-order valence-corrected chi connectivity index (χ3v) is 4.88. The van der Waals surface area contributed by atoms with E-state index in [1.54, 1.807) is 0 Å². The number of nitrogens with one attached hydrogen (secondary N) is 1. The van der Waals surface area contributed by atoms with Crippen LogP contribution in [0.3, 0.4) is 0 Å². The van der Waals surface area contributed by atoms with E-state index in [4.69, 9.17) is 0 Å². The third-order valence-electron chi connectivity index (χ3n) is 4.88. The molecule has 0 radical (unpaired) electrons. The van der Waals surface area contributed by atoms with E-state index in [-0.39, 0.29) is 11.5 Å². The largest absolute Gasteiger partial charge is 0.393 e. The summed E-state index contributed by atoms with van der Waals surface area (Å²) >= 11 is 0. The summed E-state index contributed by atoms with van der Waals surface area (Å²) in [6, 6.07) is 0. The molecule has 0 saturated carbocycles. The molecule has 0 spiro atoms. The van der Waals surface area contributed by atoms with Crippen LogP contribution in [0.5, 0.6) is 0 Å². The van der Waals surface area contributed by atoms with Gasteiger partial charge in [-0.1, -0.05) is 6.92 Å². The maximum Gasteiger partial charge on any atom is 0.230 e. The van der Waals surface area contributed by atoms with Gasteiger partial charge in [0.25, 0.3) is 0 Å². The van der Waals surface area contributed by atoms with Gasteiger partial charge in [0.2, 0.25) is 5.91 Å². The number of amides is 1. The SMILES string of the molecule is CCC1(C(=O)N2CCC(C(C)O)CC2)CCNC1. The van der Waals surface area contributed by atoms with Gasteiger partial charge in [-0.25, -0.2) is 0 Å². The number of piperidine rings is 1. The number of hydrogen-bond donors (Lipinski definition) is 2. The van der Waals surface area contributed by atoms with Crippen molar-refractivity contribution in [1.29, 1.82) is 0 Å². The summed E-state index contributed by atoms with van der Waals surface area (Å²) in [5, 5.41) is 12.9. The Morgan fingerprint density at radius 1 is 1.50 bits per heavy atom. The molecule has 2 atom stereocenters. The minimum Gasteiger partial charge on any atom is -0.393 e. The molecule has 2 rings (SSSR count). The molecule has 2 aliphatic rings. The van der Waals surface area contributed by atoms with Crippen molar-refractivity contribution in [2.45, 2.75) is 45.6 Å². The van der Waals surface area contributed by atoms with Gasteiger partial charge in [-0.15, -0.1) is 0 Å². The van der Waals surface area contributed by atoms with Crippen LogP contribution >= 0.6 is 0 Å². The molecule has 2 aliphatic heterocycles. The maximum atomic E-state index is 12.7. The van der Waals surface area contributed by atoms with Crippen LogP contribution < -0.4 is 5.32 Å². The molecule has 0 bridgehead atoms.